The van der Waals surface area contributed by atoms with Gasteiger partial charge >= 0.3 is 0 Å². The molecule has 122 valence electrons. The minimum atomic E-state index is -3.43. The molecule has 8 heteroatoms. The monoisotopic (exact) mass is 343 g/mol. The highest BCUT2D eigenvalue weighted by molar-refractivity contribution is 7.87. The maximum absolute atomic E-state index is 12.5. The smallest absolute Gasteiger partial charge is 0.279 e. The number of likely N-dealkylation sites (tertiary alicyclic amines) is 1. The topological polar surface area (TPSA) is 69.7 Å². The molecular weight excluding hydrogens is 322 g/mol. The molecule has 1 N–H and O–H groups in total. The van der Waals surface area contributed by atoms with Gasteiger partial charge < -0.3 is 4.90 Å². The normalized spacial score (nSPS) is 17.0. The van der Waals surface area contributed by atoms with Crippen LogP contribution in [0.5, 0.6) is 0 Å². The van der Waals surface area contributed by atoms with Gasteiger partial charge in [-0.25, -0.2) is 0 Å². The number of hydrogen-bond acceptors (Lipinski definition) is 4. The highest BCUT2D eigenvalue weighted by Crippen LogP contribution is 2.19. The Bertz CT molecular complexity index is 638. The van der Waals surface area contributed by atoms with Gasteiger partial charge in [-0.2, -0.15) is 17.4 Å². The fourth-order valence-electron chi connectivity index (χ4n) is 2.34. The highest BCUT2D eigenvalue weighted by atomic mass is 32.2. The molecule has 0 aliphatic carbocycles. The Morgan fingerprint density at radius 2 is 1.86 bits per heavy atom. The first kappa shape index (κ1) is 17.3. The fraction of sp³-hybridized carbons (Fsp3) is 0.500. The lowest BCUT2D eigenvalue weighted by Gasteiger charge is -2.33. The van der Waals surface area contributed by atoms with Gasteiger partial charge in [0.2, 0.25) is 0 Å². The second kappa shape index (κ2) is 6.99. The molecule has 0 bridgehead atoms. The summed E-state index contributed by atoms with van der Waals surface area (Å²) in [6.07, 6.45) is 1.21. The van der Waals surface area contributed by atoms with E-state index in [1.54, 1.807) is 17.0 Å². The Labute approximate surface area is 137 Å². The summed E-state index contributed by atoms with van der Waals surface area (Å²) in [6, 6.07) is 7.05. The Morgan fingerprint density at radius 3 is 2.41 bits per heavy atom. The number of amides is 1. The van der Waals surface area contributed by atoms with E-state index in [1.807, 2.05) is 12.1 Å². The Kier molecular flexibility index (Phi) is 5.49. The van der Waals surface area contributed by atoms with Gasteiger partial charge in [0.1, 0.15) is 0 Å². The van der Waals surface area contributed by atoms with Crippen LogP contribution in [-0.4, -0.2) is 56.8 Å². The zero-order valence-electron chi connectivity index (χ0n) is 12.7. The second-order valence-electron chi connectivity index (χ2n) is 5.49. The van der Waals surface area contributed by atoms with E-state index < -0.39 is 10.2 Å². The van der Waals surface area contributed by atoms with E-state index in [1.165, 1.54) is 14.1 Å². The van der Waals surface area contributed by atoms with Gasteiger partial charge in [-0.05, 0) is 25.0 Å². The largest absolute Gasteiger partial charge is 0.338 e. The molecule has 1 aliphatic heterocycles. The van der Waals surface area contributed by atoms with Gasteiger partial charge in [-0.15, -0.1) is 12.6 Å². The molecular formula is C14H21N3O3S2. The van der Waals surface area contributed by atoms with Crippen LogP contribution in [0, 0.1) is 0 Å². The molecule has 0 atom stereocenters. The van der Waals surface area contributed by atoms with Crippen LogP contribution < -0.4 is 4.72 Å². The van der Waals surface area contributed by atoms with Crippen molar-refractivity contribution in [1.29, 1.82) is 0 Å². The molecule has 1 fully saturated rings. The van der Waals surface area contributed by atoms with Crippen molar-refractivity contribution in [2.45, 2.75) is 23.8 Å². The summed E-state index contributed by atoms with van der Waals surface area (Å²) >= 11 is 4.31. The Hall–Kier alpha value is -1.09. The van der Waals surface area contributed by atoms with Crippen molar-refractivity contribution in [2.24, 2.45) is 0 Å². The molecule has 1 saturated heterocycles. The molecule has 22 heavy (non-hydrogen) atoms. The number of hydrogen-bond donors (Lipinski definition) is 2. The zero-order valence-corrected chi connectivity index (χ0v) is 14.4. The fourth-order valence-corrected chi connectivity index (χ4v) is 3.47. The van der Waals surface area contributed by atoms with Crippen LogP contribution >= 0.6 is 12.6 Å². The average molecular weight is 343 g/mol. The molecule has 0 spiro atoms. The van der Waals surface area contributed by atoms with Crippen molar-refractivity contribution in [1.82, 2.24) is 13.9 Å². The average Bonchev–Trinajstić information content (AvgIpc) is 2.47. The third-order valence-electron chi connectivity index (χ3n) is 3.71. The van der Waals surface area contributed by atoms with E-state index in [2.05, 4.69) is 17.4 Å². The minimum absolute atomic E-state index is 0.0560. The van der Waals surface area contributed by atoms with E-state index in [4.69, 9.17) is 0 Å². The molecule has 1 aromatic carbocycles. The maximum Gasteiger partial charge on any atom is 0.279 e. The number of nitrogens with zero attached hydrogens (tertiary/aromatic N) is 2. The number of rotatable bonds is 4. The standard InChI is InChI=1S/C14H21N3O3S2/c1-16(2)22(19,20)15-11-7-9-17(10-8-11)14(18)12-5-3-4-6-13(12)21/h3-6,11,15,21H,7-10H2,1-2H3. The van der Waals surface area contributed by atoms with E-state index in [0.29, 0.717) is 36.4 Å². The SMILES string of the molecule is CN(C)S(=O)(=O)NC1CCN(C(=O)c2ccccc2S)CC1. The summed E-state index contributed by atoms with van der Waals surface area (Å²) in [6.45, 7) is 1.06. The second-order valence-corrected chi connectivity index (χ2v) is 7.89. The molecule has 1 amide bonds. The molecule has 1 aromatic rings. The van der Waals surface area contributed by atoms with Crippen molar-refractivity contribution in [2.75, 3.05) is 27.2 Å². The molecule has 1 heterocycles. The lowest BCUT2D eigenvalue weighted by Crippen LogP contribution is -2.49. The maximum atomic E-state index is 12.5. The first-order chi connectivity index (χ1) is 10.3. The van der Waals surface area contributed by atoms with E-state index in [0.717, 1.165) is 4.31 Å². The first-order valence-corrected chi connectivity index (χ1v) is 8.97. The minimum Gasteiger partial charge on any atom is -0.338 e. The van der Waals surface area contributed by atoms with Gasteiger partial charge in [0.05, 0.1) is 5.56 Å². The van der Waals surface area contributed by atoms with Crippen LogP contribution in [0.4, 0.5) is 0 Å². The lowest BCUT2D eigenvalue weighted by atomic mass is 10.0. The summed E-state index contributed by atoms with van der Waals surface area (Å²) in [5.74, 6) is -0.0560. The quantitative estimate of drug-likeness (QED) is 0.801. The van der Waals surface area contributed by atoms with Crippen LogP contribution in [0.2, 0.25) is 0 Å². The number of nitrogens with one attached hydrogen (secondary N) is 1. The molecule has 0 aromatic heterocycles. The number of carbonyl (C=O) groups excluding carboxylic acids is 1. The van der Waals surface area contributed by atoms with E-state index in [-0.39, 0.29) is 11.9 Å². The predicted octanol–water partition coefficient (Wildman–Crippen LogP) is 0.976. The van der Waals surface area contributed by atoms with Crippen molar-refractivity contribution < 1.29 is 13.2 Å². The summed E-state index contributed by atoms with van der Waals surface area (Å²) in [5.41, 5.74) is 0.582. The summed E-state index contributed by atoms with van der Waals surface area (Å²) in [7, 11) is -0.445. The lowest BCUT2D eigenvalue weighted by molar-refractivity contribution is 0.0707. The molecule has 1 aliphatic rings. The number of piperidine rings is 1. The van der Waals surface area contributed by atoms with Crippen LogP contribution in [0.1, 0.15) is 23.2 Å². The van der Waals surface area contributed by atoms with Crippen molar-refractivity contribution in [3.8, 4) is 0 Å². The van der Waals surface area contributed by atoms with Crippen LogP contribution in [0.15, 0.2) is 29.2 Å². The van der Waals surface area contributed by atoms with E-state index >= 15 is 0 Å². The highest BCUT2D eigenvalue weighted by Gasteiger charge is 2.27. The van der Waals surface area contributed by atoms with Crippen LogP contribution in [0.3, 0.4) is 0 Å². The molecule has 0 saturated carbocycles. The van der Waals surface area contributed by atoms with Crippen molar-refractivity contribution in [3.05, 3.63) is 29.8 Å². The molecule has 0 radical (unpaired) electrons. The van der Waals surface area contributed by atoms with Gasteiger partial charge in [-0.3, -0.25) is 4.79 Å². The number of benzene rings is 1. The zero-order chi connectivity index (χ0) is 16.3. The number of carbonyl (C=O) groups is 1. The van der Waals surface area contributed by atoms with Gasteiger partial charge in [0.15, 0.2) is 0 Å². The van der Waals surface area contributed by atoms with Gasteiger partial charge in [0, 0.05) is 38.1 Å². The van der Waals surface area contributed by atoms with Gasteiger partial charge in [-0.1, -0.05) is 12.1 Å². The van der Waals surface area contributed by atoms with Crippen LogP contribution in [-0.2, 0) is 10.2 Å². The summed E-state index contributed by atoms with van der Waals surface area (Å²) in [5, 5.41) is 0. The Morgan fingerprint density at radius 1 is 1.27 bits per heavy atom. The van der Waals surface area contributed by atoms with Crippen LogP contribution in [0.25, 0.3) is 0 Å². The van der Waals surface area contributed by atoms with E-state index in [9.17, 15) is 13.2 Å². The van der Waals surface area contributed by atoms with Gasteiger partial charge in [0.25, 0.3) is 16.1 Å². The molecule has 6 nitrogen and oxygen atoms in total. The van der Waals surface area contributed by atoms with Crippen molar-refractivity contribution >= 4 is 28.7 Å². The summed E-state index contributed by atoms with van der Waals surface area (Å²) in [4.78, 5) is 14.9. The first-order valence-electron chi connectivity index (χ1n) is 7.08. The number of thiol groups is 1. The Balaban J connectivity index is 1.95. The molecule has 2 rings (SSSR count). The van der Waals surface area contributed by atoms with Crippen molar-refractivity contribution in [3.63, 3.8) is 0 Å². The predicted molar refractivity (Wildman–Crippen MR) is 88.4 cm³/mol. The third-order valence-corrected chi connectivity index (χ3v) is 5.70. The molecule has 0 unspecified atom stereocenters. The summed E-state index contributed by atoms with van der Waals surface area (Å²) < 4.78 is 27.4. The third kappa shape index (κ3) is 4.01.